The van der Waals surface area contributed by atoms with Crippen molar-refractivity contribution in [3.05, 3.63) is 105 Å². The Morgan fingerprint density at radius 3 is 2.17 bits per heavy atom. The molecule has 3 aromatic carbocycles. The number of aliphatic hydroxyl groups is 1. The van der Waals surface area contributed by atoms with Gasteiger partial charge >= 0.3 is 0 Å². The van der Waals surface area contributed by atoms with Crippen LogP contribution in [0.3, 0.4) is 0 Å². The van der Waals surface area contributed by atoms with E-state index in [0.29, 0.717) is 11.3 Å². The van der Waals surface area contributed by atoms with Crippen LogP contribution in [0.4, 0.5) is 5.69 Å². The lowest BCUT2D eigenvalue weighted by atomic mass is 9.95. The Kier molecular flexibility index (Phi) is 5.39. The first kappa shape index (κ1) is 19.6. The van der Waals surface area contributed by atoms with E-state index in [9.17, 15) is 14.7 Å². The van der Waals surface area contributed by atoms with E-state index in [1.54, 1.807) is 42.5 Å². The topological polar surface area (TPSA) is 57.6 Å². The predicted octanol–water partition coefficient (Wildman–Crippen LogP) is 5.84. The lowest BCUT2D eigenvalue weighted by Gasteiger charge is -2.25. The normalized spacial score (nSPS) is 18.3. The van der Waals surface area contributed by atoms with E-state index in [4.69, 9.17) is 0 Å². The van der Waals surface area contributed by atoms with Gasteiger partial charge < -0.3 is 5.11 Å². The number of carbonyl (C=O) groups excluding carboxylic acids is 2. The summed E-state index contributed by atoms with van der Waals surface area (Å²) >= 11 is 6.83. The summed E-state index contributed by atoms with van der Waals surface area (Å²) in [6.07, 6.45) is 0. The highest BCUT2D eigenvalue weighted by Crippen LogP contribution is 2.42. The fourth-order valence-corrected chi connectivity index (χ4v) is 4.09. The lowest BCUT2D eigenvalue weighted by molar-refractivity contribution is -0.132. The fraction of sp³-hybridized carbons (Fsp3) is 0.0435. The molecule has 0 bridgehead atoms. The average Bonchev–Trinajstić information content (AvgIpc) is 2.99. The molecule has 0 radical (unpaired) electrons. The quantitative estimate of drug-likeness (QED) is 0.272. The predicted molar refractivity (Wildman–Crippen MR) is 120 cm³/mol. The molecule has 0 saturated carbocycles. The summed E-state index contributed by atoms with van der Waals surface area (Å²) in [5.41, 5.74) is 1.86. The molecule has 0 aromatic heterocycles. The van der Waals surface area contributed by atoms with Crippen molar-refractivity contribution in [1.29, 1.82) is 0 Å². The van der Waals surface area contributed by atoms with Crippen LogP contribution in [-0.2, 0) is 9.59 Å². The van der Waals surface area contributed by atoms with Gasteiger partial charge in [-0.3, -0.25) is 14.5 Å². The highest BCUT2D eigenvalue weighted by atomic mass is 79.9. The maximum atomic E-state index is 13.0. The van der Waals surface area contributed by atoms with Crippen molar-refractivity contribution < 1.29 is 14.7 Å². The molecule has 4 nitrogen and oxygen atoms in total. The third kappa shape index (κ3) is 3.66. The Labute approximate surface area is 184 Å². The molecule has 0 spiro atoms. The monoisotopic (exact) mass is 511 g/mol. The van der Waals surface area contributed by atoms with Gasteiger partial charge in [-0.05, 0) is 35.9 Å². The number of rotatable bonds is 3. The maximum Gasteiger partial charge on any atom is 0.300 e. The van der Waals surface area contributed by atoms with E-state index >= 15 is 0 Å². The minimum Gasteiger partial charge on any atom is -0.507 e. The van der Waals surface area contributed by atoms with Gasteiger partial charge in [0.05, 0.1) is 11.6 Å². The van der Waals surface area contributed by atoms with E-state index in [-0.39, 0.29) is 11.3 Å². The molecule has 1 amide bonds. The summed E-state index contributed by atoms with van der Waals surface area (Å²) < 4.78 is 1.67. The van der Waals surface area contributed by atoms with Crippen LogP contribution in [0.1, 0.15) is 17.2 Å². The van der Waals surface area contributed by atoms with Gasteiger partial charge in [0.25, 0.3) is 11.7 Å². The van der Waals surface area contributed by atoms with Gasteiger partial charge in [0, 0.05) is 20.2 Å². The molecule has 1 atom stereocenters. The Hall–Kier alpha value is -2.70. The van der Waals surface area contributed by atoms with Crippen LogP contribution in [-0.4, -0.2) is 16.8 Å². The van der Waals surface area contributed by atoms with Crippen LogP contribution < -0.4 is 4.90 Å². The number of aliphatic hydroxyl groups excluding tert-OH is 1. The number of carbonyl (C=O) groups is 2. The number of halogens is 2. The Balaban J connectivity index is 1.96. The van der Waals surface area contributed by atoms with Gasteiger partial charge in [-0.2, -0.15) is 0 Å². The second kappa shape index (κ2) is 7.97. The van der Waals surface area contributed by atoms with Crippen molar-refractivity contribution in [2.45, 2.75) is 6.04 Å². The Morgan fingerprint density at radius 1 is 0.828 bits per heavy atom. The molecule has 1 saturated heterocycles. The Morgan fingerprint density at radius 2 is 1.52 bits per heavy atom. The van der Waals surface area contributed by atoms with Gasteiger partial charge in [0.1, 0.15) is 5.76 Å². The molecule has 1 aliphatic rings. The minimum atomic E-state index is -0.738. The van der Waals surface area contributed by atoms with Crippen LogP contribution in [0.5, 0.6) is 0 Å². The van der Waals surface area contributed by atoms with E-state index in [0.717, 1.165) is 14.5 Å². The highest BCUT2D eigenvalue weighted by molar-refractivity contribution is 9.10. The fourth-order valence-electron chi connectivity index (χ4n) is 3.44. The van der Waals surface area contributed by atoms with Crippen LogP contribution in [0, 0.1) is 0 Å². The summed E-state index contributed by atoms with van der Waals surface area (Å²) in [6, 6.07) is 22.6. The molecule has 6 heteroatoms. The zero-order chi connectivity index (χ0) is 20.5. The summed E-state index contributed by atoms with van der Waals surface area (Å²) in [5.74, 6) is -1.57. The van der Waals surface area contributed by atoms with Crippen LogP contribution in [0.25, 0.3) is 5.76 Å². The third-order valence-corrected chi connectivity index (χ3v) is 5.79. The zero-order valence-corrected chi connectivity index (χ0v) is 18.2. The zero-order valence-electron chi connectivity index (χ0n) is 15.0. The van der Waals surface area contributed by atoms with Crippen LogP contribution in [0.15, 0.2) is 93.4 Å². The Bertz CT molecular complexity index is 1120. The van der Waals surface area contributed by atoms with Gasteiger partial charge in [0.15, 0.2) is 0 Å². The van der Waals surface area contributed by atoms with E-state index < -0.39 is 17.7 Å². The summed E-state index contributed by atoms with van der Waals surface area (Å²) in [4.78, 5) is 27.5. The number of amides is 1. The summed E-state index contributed by atoms with van der Waals surface area (Å²) in [5, 5.41) is 11.0. The molecule has 3 aromatic rings. The smallest absolute Gasteiger partial charge is 0.300 e. The molecule has 1 unspecified atom stereocenters. The molecular weight excluding hydrogens is 498 g/mol. The molecule has 1 heterocycles. The molecule has 1 N–H and O–H groups in total. The van der Waals surface area contributed by atoms with E-state index in [2.05, 4.69) is 31.9 Å². The first-order valence-electron chi connectivity index (χ1n) is 8.85. The number of hydrogen-bond donors (Lipinski definition) is 1. The van der Waals surface area contributed by atoms with Crippen molar-refractivity contribution in [3.63, 3.8) is 0 Å². The molecule has 4 rings (SSSR count). The third-order valence-electron chi connectivity index (χ3n) is 4.76. The van der Waals surface area contributed by atoms with Crippen molar-refractivity contribution in [2.24, 2.45) is 0 Å². The number of Topliss-reactive ketones (excluding diaryl/α,β-unsaturated/α-hetero) is 1. The number of hydrogen-bond acceptors (Lipinski definition) is 3. The second-order valence-corrected chi connectivity index (χ2v) is 8.40. The molecule has 1 fully saturated rings. The van der Waals surface area contributed by atoms with Crippen molar-refractivity contribution in [2.75, 3.05) is 4.90 Å². The first-order chi connectivity index (χ1) is 14.0. The molecule has 0 aliphatic carbocycles. The van der Waals surface area contributed by atoms with Gasteiger partial charge in [-0.15, -0.1) is 0 Å². The first-order valence-corrected chi connectivity index (χ1v) is 10.4. The van der Waals surface area contributed by atoms with Gasteiger partial charge in [-0.25, -0.2) is 0 Å². The molecular formula is C23H15Br2NO3. The number of nitrogens with zero attached hydrogens (tertiary/aromatic N) is 1. The second-order valence-electron chi connectivity index (χ2n) is 6.57. The van der Waals surface area contributed by atoms with Crippen molar-refractivity contribution in [3.8, 4) is 0 Å². The summed E-state index contributed by atoms with van der Waals surface area (Å²) in [6.45, 7) is 0. The lowest BCUT2D eigenvalue weighted by Crippen LogP contribution is -2.29. The van der Waals surface area contributed by atoms with E-state index in [1.807, 2.05) is 36.4 Å². The maximum absolute atomic E-state index is 13.0. The van der Waals surface area contributed by atoms with Gasteiger partial charge in [0.2, 0.25) is 0 Å². The molecule has 144 valence electrons. The number of anilines is 1. The highest BCUT2D eigenvalue weighted by Gasteiger charge is 2.46. The van der Waals surface area contributed by atoms with Crippen LogP contribution >= 0.6 is 31.9 Å². The van der Waals surface area contributed by atoms with Gasteiger partial charge in [-0.1, -0.05) is 80.4 Å². The van der Waals surface area contributed by atoms with Crippen LogP contribution in [0.2, 0.25) is 0 Å². The standard InChI is InChI=1S/C23H15Br2NO3/c24-16-11-9-14(10-12-16)20-19(21(27)15-5-2-1-3-6-15)22(28)23(29)26(20)18-8-4-7-17(25)13-18/h1-13,20,27H. The minimum absolute atomic E-state index is 0.0727. The van der Waals surface area contributed by atoms with E-state index in [1.165, 1.54) is 4.90 Å². The van der Waals surface area contributed by atoms with Crippen molar-refractivity contribution >= 4 is 55.0 Å². The largest absolute Gasteiger partial charge is 0.507 e. The number of ketones is 1. The average molecular weight is 513 g/mol. The number of benzene rings is 3. The van der Waals surface area contributed by atoms with Crippen molar-refractivity contribution in [1.82, 2.24) is 0 Å². The summed E-state index contributed by atoms with van der Waals surface area (Å²) in [7, 11) is 0. The SMILES string of the molecule is O=C1C(=O)N(c2cccc(Br)c2)C(c2ccc(Br)cc2)C1=C(O)c1ccccc1. The molecule has 1 aliphatic heterocycles. The molecule has 29 heavy (non-hydrogen) atoms.